The van der Waals surface area contributed by atoms with Crippen LogP contribution in [0.1, 0.15) is 5.56 Å². The molecule has 0 heterocycles. The zero-order valence-electron chi connectivity index (χ0n) is 7.40. The number of rotatable bonds is 2. The van der Waals surface area contributed by atoms with Gasteiger partial charge in [-0.25, -0.2) is 9.18 Å². The number of halogens is 1. The number of carbonyl (C=O) groups is 1. The van der Waals surface area contributed by atoms with Crippen molar-refractivity contribution >= 4 is 5.97 Å². The molecule has 0 bridgehead atoms. The third kappa shape index (κ3) is 1.89. The lowest BCUT2D eigenvalue weighted by Gasteiger charge is -2.18. The van der Waals surface area contributed by atoms with Crippen molar-refractivity contribution in [1.29, 1.82) is 0 Å². The lowest BCUT2D eigenvalue weighted by Crippen LogP contribution is -2.36. The summed E-state index contributed by atoms with van der Waals surface area (Å²) in [7, 11) is 1.02. The molecular formula is C9H9FO4. The van der Waals surface area contributed by atoms with Crippen LogP contribution < -0.4 is 0 Å². The molecule has 0 fully saturated rings. The number of ether oxygens (including phenoxy) is 1. The molecule has 14 heavy (non-hydrogen) atoms. The second-order valence-electron chi connectivity index (χ2n) is 2.67. The van der Waals surface area contributed by atoms with E-state index in [0.717, 1.165) is 31.4 Å². The number of carbonyl (C=O) groups excluding carboxylic acids is 1. The molecule has 4 nitrogen and oxygen atoms in total. The molecule has 0 aliphatic rings. The first-order valence-corrected chi connectivity index (χ1v) is 3.77. The lowest BCUT2D eigenvalue weighted by atomic mass is 10.1. The summed E-state index contributed by atoms with van der Waals surface area (Å²) in [5.41, 5.74) is -0.147. The van der Waals surface area contributed by atoms with Gasteiger partial charge in [0.05, 0.1) is 7.11 Å². The minimum absolute atomic E-state index is 0.147. The number of methoxy groups -OCH3 is 1. The molecule has 0 aliphatic heterocycles. The van der Waals surface area contributed by atoms with Crippen molar-refractivity contribution in [2.24, 2.45) is 0 Å². The maximum absolute atomic E-state index is 12.5. The molecule has 1 rings (SSSR count). The topological polar surface area (TPSA) is 66.8 Å². The molecule has 0 aliphatic carbocycles. The highest BCUT2D eigenvalue weighted by atomic mass is 19.1. The second kappa shape index (κ2) is 3.73. The van der Waals surface area contributed by atoms with Crippen LogP contribution in [0.4, 0.5) is 4.39 Å². The van der Waals surface area contributed by atoms with Gasteiger partial charge in [0.15, 0.2) is 0 Å². The van der Waals surface area contributed by atoms with Crippen LogP contribution in [0.25, 0.3) is 0 Å². The monoisotopic (exact) mass is 200 g/mol. The van der Waals surface area contributed by atoms with E-state index in [2.05, 4.69) is 4.74 Å². The van der Waals surface area contributed by atoms with E-state index >= 15 is 0 Å². The van der Waals surface area contributed by atoms with Gasteiger partial charge in [0.1, 0.15) is 5.82 Å². The molecular weight excluding hydrogens is 191 g/mol. The Hall–Kier alpha value is -1.46. The quantitative estimate of drug-likeness (QED) is 0.526. The minimum Gasteiger partial charge on any atom is -0.465 e. The van der Waals surface area contributed by atoms with E-state index in [1.807, 2.05) is 0 Å². The summed E-state index contributed by atoms with van der Waals surface area (Å²) in [4.78, 5) is 10.9. The fraction of sp³-hybridized carbons (Fsp3) is 0.222. The molecule has 0 radical (unpaired) electrons. The molecule has 5 heteroatoms. The third-order valence-electron chi connectivity index (χ3n) is 1.72. The van der Waals surface area contributed by atoms with E-state index in [9.17, 15) is 19.4 Å². The van der Waals surface area contributed by atoms with Crippen molar-refractivity contribution in [1.82, 2.24) is 0 Å². The van der Waals surface area contributed by atoms with E-state index in [4.69, 9.17) is 0 Å². The molecule has 0 amide bonds. The second-order valence-corrected chi connectivity index (χ2v) is 2.67. The van der Waals surface area contributed by atoms with Crippen molar-refractivity contribution in [2.75, 3.05) is 7.11 Å². The van der Waals surface area contributed by atoms with Crippen LogP contribution in [0.2, 0.25) is 0 Å². The van der Waals surface area contributed by atoms with Gasteiger partial charge in [0.25, 0.3) is 5.79 Å². The highest BCUT2D eigenvalue weighted by Gasteiger charge is 2.36. The van der Waals surface area contributed by atoms with Crippen LogP contribution in [0.3, 0.4) is 0 Å². The van der Waals surface area contributed by atoms with Gasteiger partial charge in [-0.2, -0.15) is 0 Å². The third-order valence-corrected chi connectivity index (χ3v) is 1.72. The maximum atomic E-state index is 12.5. The van der Waals surface area contributed by atoms with Crippen molar-refractivity contribution in [2.45, 2.75) is 5.79 Å². The van der Waals surface area contributed by atoms with Crippen molar-refractivity contribution in [3.8, 4) is 0 Å². The summed E-state index contributed by atoms with van der Waals surface area (Å²) in [5.74, 6) is -4.49. The van der Waals surface area contributed by atoms with Gasteiger partial charge in [-0.15, -0.1) is 0 Å². The Kier molecular flexibility index (Phi) is 2.83. The Morgan fingerprint density at radius 2 is 1.86 bits per heavy atom. The Bertz CT molecular complexity index is 331. The molecule has 2 N–H and O–H groups in total. The molecule has 1 aromatic carbocycles. The van der Waals surface area contributed by atoms with Crippen molar-refractivity contribution in [3.63, 3.8) is 0 Å². The van der Waals surface area contributed by atoms with Crippen LogP contribution in [0.5, 0.6) is 0 Å². The number of aliphatic hydroxyl groups is 2. The van der Waals surface area contributed by atoms with Gasteiger partial charge in [0, 0.05) is 5.56 Å². The summed E-state index contributed by atoms with van der Waals surface area (Å²) in [5, 5.41) is 18.6. The standard InChI is InChI=1S/C9H9FO4/c1-14-8(11)9(12,13)6-2-4-7(10)5-3-6/h2-5,12-13H,1H3. The Labute approximate surface area is 79.6 Å². The van der Waals surface area contributed by atoms with Gasteiger partial charge in [0.2, 0.25) is 0 Å². The van der Waals surface area contributed by atoms with E-state index < -0.39 is 17.6 Å². The molecule has 1 aromatic rings. The summed E-state index contributed by atoms with van der Waals surface area (Å²) < 4.78 is 16.6. The fourth-order valence-electron chi connectivity index (χ4n) is 0.942. The van der Waals surface area contributed by atoms with Crippen LogP contribution in [0.15, 0.2) is 24.3 Å². The average molecular weight is 200 g/mol. The molecule has 0 unspecified atom stereocenters. The zero-order valence-corrected chi connectivity index (χ0v) is 7.40. The Morgan fingerprint density at radius 3 is 2.29 bits per heavy atom. The van der Waals surface area contributed by atoms with Crippen molar-refractivity contribution in [3.05, 3.63) is 35.6 Å². The van der Waals surface area contributed by atoms with E-state index in [1.54, 1.807) is 0 Å². The SMILES string of the molecule is COC(=O)C(O)(O)c1ccc(F)cc1. The van der Waals surface area contributed by atoms with Gasteiger partial charge in [-0.3, -0.25) is 0 Å². The van der Waals surface area contributed by atoms with Crippen LogP contribution in [0, 0.1) is 5.82 Å². The first-order valence-electron chi connectivity index (χ1n) is 3.77. The van der Waals surface area contributed by atoms with Crippen LogP contribution in [-0.4, -0.2) is 23.3 Å². The predicted molar refractivity (Wildman–Crippen MR) is 44.5 cm³/mol. The van der Waals surface area contributed by atoms with Gasteiger partial charge in [-0.05, 0) is 12.1 Å². The number of hydrogen-bond acceptors (Lipinski definition) is 4. The first kappa shape index (κ1) is 10.6. The van der Waals surface area contributed by atoms with Crippen LogP contribution >= 0.6 is 0 Å². The van der Waals surface area contributed by atoms with Crippen molar-refractivity contribution < 1.29 is 24.1 Å². The van der Waals surface area contributed by atoms with E-state index in [-0.39, 0.29) is 5.56 Å². The van der Waals surface area contributed by atoms with Gasteiger partial charge >= 0.3 is 5.97 Å². The first-order chi connectivity index (χ1) is 6.48. The highest BCUT2D eigenvalue weighted by molar-refractivity contribution is 5.78. The highest BCUT2D eigenvalue weighted by Crippen LogP contribution is 2.19. The van der Waals surface area contributed by atoms with E-state index in [0.29, 0.717) is 0 Å². The van der Waals surface area contributed by atoms with Crippen LogP contribution in [-0.2, 0) is 15.3 Å². The zero-order chi connectivity index (χ0) is 10.8. The van der Waals surface area contributed by atoms with Gasteiger partial charge in [-0.1, -0.05) is 12.1 Å². The normalized spacial score (nSPS) is 11.1. The molecule has 0 aromatic heterocycles. The summed E-state index contributed by atoms with van der Waals surface area (Å²) in [6.07, 6.45) is 0. The Morgan fingerprint density at radius 1 is 1.36 bits per heavy atom. The number of benzene rings is 1. The smallest absolute Gasteiger partial charge is 0.371 e. The largest absolute Gasteiger partial charge is 0.465 e. The molecule has 0 saturated heterocycles. The van der Waals surface area contributed by atoms with Gasteiger partial charge < -0.3 is 14.9 Å². The Balaban J connectivity index is 3.03. The summed E-state index contributed by atoms with van der Waals surface area (Å²) >= 11 is 0. The van der Waals surface area contributed by atoms with E-state index in [1.165, 1.54) is 0 Å². The average Bonchev–Trinajstić information content (AvgIpc) is 2.17. The maximum Gasteiger partial charge on any atom is 0.371 e. The minimum atomic E-state index is -2.73. The molecule has 0 atom stereocenters. The molecule has 76 valence electrons. The summed E-state index contributed by atoms with van der Waals surface area (Å²) in [6.45, 7) is 0. The lowest BCUT2D eigenvalue weighted by molar-refractivity contribution is -0.211. The number of hydrogen-bond donors (Lipinski definition) is 2. The predicted octanol–water partition coefficient (Wildman–Crippen LogP) is 0.136. The summed E-state index contributed by atoms with van der Waals surface area (Å²) in [6, 6.07) is 4.21. The number of esters is 1. The molecule has 0 spiro atoms. The molecule has 0 saturated carbocycles. The fourth-order valence-corrected chi connectivity index (χ4v) is 0.942.